The van der Waals surface area contributed by atoms with Crippen LogP contribution >= 0.6 is 0 Å². The molecular formula is C10H21N3O. The van der Waals surface area contributed by atoms with Gasteiger partial charge in [-0.05, 0) is 39.8 Å². The van der Waals surface area contributed by atoms with Crippen molar-refractivity contribution in [3.05, 3.63) is 0 Å². The van der Waals surface area contributed by atoms with Crippen LogP contribution in [-0.2, 0) is 4.79 Å². The molecule has 0 saturated carbocycles. The molecule has 1 aliphatic heterocycles. The van der Waals surface area contributed by atoms with Crippen molar-refractivity contribution < 1.29 is 4.79 Å². The smallest absolute Gasteiger partial charge is 0.234 e. The van der Waals surface area contributed by atoms with E-state index in [1.807, 2.05) is 0 Å². The number of amides is 1. The third-order valence-corrected chi connectivity index (χ3v) is 2.91. The van der Waals surface area contributed by atoms with Gasteiger partial charge in [-0.25, -0.2) is 0 Å². The van der Waals surface area contributed by atoms with Crippen molar-refractivity contribution in [3.63, 3.8) is 0 Å². The van der Waals surface area contributed by atoms with Gasteiger partial charge in [-0.2, -0.15) is 0 Å². The summed E-state index contributed by atoms with van der Waals surface area (Å²) < 4.78 is 0. The minimum absolute atomic E-state index is 0.222. The Labute approximate surface area is 85.8 Å². The maximum atomic E-state index is 10.8. The summed E-state index contributed by atoms with van der Waals surface area (Å²) in [5.74, 6) is -0.279. The molecule has 1 amide bonds. The lowest BCUT2D eigenvalue weighted by atomic mass is 10.2. The second-order valence-electron chi connectivity index (χ2n) is 4.12. The third-order valence-electron chi connectivity index (χ3n) is 2.91. The monoisotopic (exact) mass is 199 g/mol. The summed E-state index contributed by atoms with van der Waals surface area (Å²) in [7, 11) is 0. The lowest BCUT2D eigenvalue weighted by Gasteiger charge is -2.25. The highest BCUT2D eigenvalue weighted by Crippen LogP contribution is 2.10. The molecule has 4 nitrogen and oxygen atoms in total. The molecule has 2 unspecified atom stereocenters. The van der Waals surface area contributed by atoms with Crippen molar-refractivity contribution in [1.29, 1.82) is 0 Å². The molecule has 14 heavy (non-hydrogen) atoms. The van der Waals surface area contributed by atoms with Gasteiger partial charge in [-0.3, -0.25) is 9.69 Å². The Morgan fingerprint density at radius 3 is 2.50 bits per heavy atom. The maximum Gasteiger partial charge on any atom is 0.234 e. The van der Waals surface area contributed by atoms with Crippen LogP contribution < -0.4 is 11.1 Å². The van der Waals surface area contributed by atoms with E-state index in [4.69, 9.17) is 5.73 Å². The van der Waals surface area contributed by atoms with E-state index in [0.29, 0.717) is 6.04 Å². The van der Waals surface area contributed by atoms with Crippen LogP contribution in [0.25, 0.3) is 0 Å². The average molecular weight is 199 g/mol. The van der Waals surface area contributed by atoms with Gasteiger partial charge in [0.15, 0.2) is 0 Å². The van der Waals surface area contributed by atoms with E-state index < -0.39 is 0 Å². The predicted molar refractivity (Wildman–Crippen MR) is 56.9 cm³/mol. The zero-order valence-corrected chi connectivity index (χ0v) is 9.12. The van der Waals surface area contributed by atoms with Crippen LogP contribution in [0.4, 0.5) is 0 Å². The number of hydrogen-bond acceptors (Lipinski definition) is 3. The van der Waals surface area contributed by atoms with Gasteiger partial charge in [-0.1, -0.05) is 0 Å². The number of likely N-dealkylation sites (tertiary alicyclic amines) is 1. The first kappa shape index (κ1) is 11.5. The van der Waals surface area contributed by atoms with E-state index in [2.05, 4.69) is 17.1 Å². The van der Waals surface area contributed by atoms with Crippen LogP contribution in [0.15, 0.2) is 0 Å². The zero-order valence-electron chi connectivity index (χ0n) is 9.12. The lowest BCUT2D eigenvalue weighted by Crippen LogP contribution is -2.45. The second-order valence-corrected chi connectivity index (χ2v) is 4.12. The molecular weight excluding hydrogens is 178 g/mol. The van der Waals surface area contributed by atoms with E-state index >= 15 is 0 Å². The van der Waals surface area contributed by atoms with Crippen LogP contribution in [-0.4, -0.2) is 42.5 Å². The molecule has 1 heterocycles. The summed E-state index contributed by atoms with van der Waals surface area (Å²) in [4.78, 5) is 13.2. The molecule has 1 rings (SSSR count). The molecule has 0 aliphatic carbocycles. The average Bonchev–Trinajstić information content (AvgIpc) is 2.66. The molecule has 3 N–H and O–H groups in total. The summed E-state index contributed by atoms with van der Waals surface area (Å²) in [6.07, 6.45) is 2.60. The largest absolute Gasteiger partial charge is 0.368 e. The van der Waals surface area contributed by atoms with Crippen LogP contribution in [0.2, 0.25) is 0 Å². The number of nitrogens with two attached hydrogens (primary N) is 1. The maximum absolute atomic E-state index is 10.8. The summed E-state index contributed by atoms with van der Waals surface area (Å²) in [5.41, 5.74) is 5.16. The Hall–Kier alpha value is -0.610. The Morgan fingerprint density at radius 2 is 2.00 bits per heavy atom. The molecule has 0 bridgehead atoms. The van der Waals surface area contributed by atoms with Crippen LogP contribution in [0.3, 0.4) is 0 Å². The standard InChI is InChI=1S/C10H21N3O/c1-8(13-5-3-4-6-13)7-12-9(2)10(11)14/h8-9,12H,3-7H2,1-2H3,(H2,11,14). The molecule has 0 aromatic rings. The number of nitrogens with zero attached hydrogens (tertiary/aromatic N) is 1. The number of carbonyl (C=O) groups is 1. The van der Waals surface area contributed by atoms with Gasteiger partial charge < -0.3 is 11.1 Å². The minimum Gasteiger partial charge on any atom is -0.368 e. The number of rotatable bonds is 5. The molecule has 0 radical (unpaired) electrons. The lowest BCUT2D eigenvalue weighted by molar-refractivity contribution is -0.119. The van der Waals surface area contributed by atoms with Gasteiger partial charge in [0.1, 0.15) is 0 Å². The van der Waals surface area contributed by atoms with Crippen molar-refractivity contribution in [2.75, 3.05) is 19.6 Å². The Balaban J connectivity index is 2.19. The highest BCUT2D eigenvalue weighted by atomic mass is 16.1. The van der Waals surface area contributed by atoms with E-state index in [0.717, 1.165) is 6.54 Å². The fraction of sp³-hybridized carbons (Fsp3) is 0.900. The Kier molecular flexibility index (Phi) is 4.35. The number of nitrogens with one attached hydrogen (secondary N) is 1. The summed E-state index contributed by atoms with van der Waals surface area (Å²) in [6, 6.07) is 0.277. The Bertz CT molecular complexity index is 190. The topological polar surface area (TPSA) is 58.4 Å². The molecule has 4 heteroatoms. The van der Waals surface area contributed by atoms with Crippen LogP contribution in [0.5, 0.6) is 0 Å². The molecule has 1 fully saturated rings. The fourth-order valence-electron chi connectivity index (χ4n) is 1.76. The molecule has 1 aliphatic rings. The normalized spacial score (nSPS) is 22.1. The quantitative estimate of drug-likeness (QED) is 0.652. The van der Waals surface area contributed by atoms with E-state index in [1.165, 1.54) is 25.9 Å². The van der Waals surface area contributed by atoms with Crippen molar-refractivity contribution in [2.45, 2.75) is 38.8 Å². The van der Waals surface area contributed by atoms with Gasteiger partial charge in [0.2, 0.25) is 5.91 Å². The van der Waals surface area contributed by atoms with Crippen LogP contribution in [0, 0.1) is 0 Å². The highest BCUT2D eigenvalue weighted by molar-refractivity contribution is 5.79. The molecule has 82 valence electrons. The molecule has 2 atom stereocenters. The fourth-order valence-corrected chi connectivity index (χ4v) is 1.76. The number of hydrogen-bond donors (Lipinski definition) is 2. The second kappa shape index (κ2) is 5.32. The minimum atomic E-state index is -0.279. The number of primary amides is 1. The van der Waals surface area contributed by atoms with Crippen molar-refractivity contribution >= 4 is 5.91 Å². The van der Waals surface area contributed by atoms with Crippen LogP contribution in [0.1, 0.15) is 26.7 Å². The first-order chi connectivity index (χ1) is 6.61. The molecule has 1 saturated heterocycles. The van der Waals surface area contributed by atoms with Gasteiger partial charge >= 0.3 is 0 Å². The van der Waals surface area contributed by atoms with Crippen molar-refractivity contribution in [3.8, 4) is 0 Å². The predicted octanol–water partition coefficient (Wildman–Crippen LogP) is -0.0659. The summed E-state index contributed by atoms with van der Waals surface area (Å²) in [5, 5.41) is 3.14. The van der Waals surface area contributed by atoms with Gasteiger partial charge in [0, 0.05) is 12.6 Å². The summed E-state index contributed by atoms with van der Waals surface area (Å²) >= 11 is 0. The van der Waals surface area contributed by atoms with Crippen molar-refractivity contribution in [1.82, 2.24) is 10.2 Å². The van der Waals surface area contributed by atoms with Crippen molar-refractivity contribution in [2.24, 2.45) is 5.73 Å². The van der Waals surface area contributed by atoms with E-state index in [-0.39, 0.29) is 11.9 Å². The SMILES string of the molecule is CC(NCC(C)N1CCCC1)C(N)=O. The van der Waals surface area contributed by atoms with E-state index in [1.54, 1.807) is 6.92 Å². The Morgan fingerprint density at radius 1 is 1.43 bits per heavy atom. The summed E-state index contributed by atoms with van der Waals surface area (Å²) in [6.45, 7) is 7.21. The molecule has 0 aromatic carbocycles. The number of carbonyl (C=O) groups excluding carboxylic acids is 1. The van der Waals surface area contributed by atoms with E-state index in [9.17, 15) is 4.79 Å². The van der Waals surface area contributed by atoms with Gasteiger partial charge in [0.25, 0.3) is 0 Å². The highest BCUT2D eigenvalue weighted by Gasteiger charge is 2.18. The zero-order chi connectivity index (χ0) is 10.6. The molecule has 0 aromatic heterocycles. The third kappa shape index (κ3) is 3.27. The van der Waals surface area contributed by atoms with Gasteiger partial charge in [-0.15, -0.1) is 0 Å². The molecule has 0 spiro atoms. The first-order valence-electron chi connectivity index (χ1n) is 5.38. The van der Waals surface area contributed by atoms with Gasteiger partial charge in [0.05, 0.1) is 6.04 Å². The first-order valence-corrected chi connectivity index (χ1v) is 5.38.